The van der Waals surface area contributed by atoms with E-state index in [-0.39, 0.29) is 29.8 Å². The number of anilines is 1. The number of hydrogen-bond donors (Lipinski definition) is 4. The molecule has 0 aliphatic rings. The van der Waals surface area contributed by atoms with E-state index in [9.17, 15) is 14.4 Å². The Morgan fingerprint density at radius 1 is 1.13 bits per heavy atom. The van der Waals surface area contributed by atoms with Crippen LogP contribution < -0.4 is 21.5 Å². The van der Waals surface area contributed by atoms with Crippen LogP contribution in [0.4, 0.5) is 5.69 Å². The summed E-state index contributed by atoms with van der Waals surface area (Å²) < 4.78 is 0. The summed E-state index contributed by atoms with van der Waals surface area (Å²) in [5, 5.41) is 5.50. The van der Waals surface area contributed by atoms with E-state index < -0.39 is 5.91 Å². The second-order valence-electron chi connectivity index (χ2n) is 4.64. The molecule has 0 saturated carbocycles. The molecule has 0 unspecified atom stereocenters. The highest BCUT2D eigenvalue weighted by molar-refractivity contribution is 7.80. The van der Waals surface area contributed by atoms with Gasteiger partial charge in [-0.05, 0) is 36.8 Å². The summed E-state index contributed by atoms with van der Waals surface area (Å²) in [7, 11) is 0. The largest absolute Gasteiger partial charge is 0.326 e. The minimum Gasteiger partial charge on any atom is -0.326 e. The van der Waals surface area contributed by atoms with Crippen LogP contribution in [-0.4, -0.2) is 22.8 Å². The molecule has 0 atom stereocenters. The second-order valence-corrected chi connectivity index (χ2v) is 5.46. The van der Waals surface area contributed by atoms with Crippen LogP contribution in [0.15, 0.2) is 18.2 Å². The third-order valence-corrected chi connectivity index (χ3v) is 3.34. The minimum absolute atomic E-state index is 0.00757. The highest BCUT2D eigenvalue weighted by atomic mass is 35.5. The van der Waals surface area contributed by atoms with Gasteiger partial charge in [-0.3, -0.25) is 25.2 Å². The molecule has 1 aromatic rings. The van der Waals surface area contributed by atoms with Gasteiger partial charge in [0.2, 0.25) is 17.7 Å². The van der Waals surface area contributed by atoms with Crippen molar-refractivity contribution in [3.63, 3.8) is 0 Å². The standard InChI is InChI=1S/C14H17ClN4O3S/c1-8-10(15)4-3-5-11(8)17-12(21)6-7-13(22)18-19-14(23)16-9(2)20/h3-5H,6-7H2,1-2H3,(H,17,21)(H,18,22)(H2,16,19,20,23). The van der Waals surface area contributed by atoms with Crippen LogP contribution in [0.25, 0.3) is 0 Å². The topological polar surface area (TPSA) is 99.3 Å². The number of amides is 3. The first-order valence-electron chi connectivity index (χ1n) is 6.71. The number of nitrogens with one attached hydrogen (secondary N) is 4. The molecule has 0 bridgehead atoms. The molecule has 1 rings (SSSR count). The van der Waals surface area contributed by atoms with Gasteiger partial charge in [0.15, 0.2) is 5.11 Å². The molecule has 7 nitrogen and oxygen atoms in total. The van der Waals surface area contributed by atoms with Crippen molar-refractivity contribution in [2.45, 2.75) is 26.7 Å². The molecule has 124 valence electrons. The monoisotopic (exact) mass is 356 g/mol. The van der Waals surface area contributed by atoms with E-state index >= 15 is 0 Å². The lowest BCUT2D eigenvalue weighted by Crippen LogP contribution is -2.48. The zero-order valence-corrected chi connectivity index (χ0v) is 14.2. The fourth-order valence-corrected chi connectivity index (χ4v) is 1.93. The fourth-order valence-electron chi connectivity index (χ4n) is 1.56. The van der Waals surface area contributed by atoms with Crippen LogP contribution in [0.3, 0.4) is 0 Å². The van der Waals surface area contributed by atoms with Gasteiger partial charge in [-0.25, -0.2) is 0 Å². The van der Waals surface area contributed by atoms with Gasteiger partial charge in [0, 0.05) is 30.5 Å². The van der Waals surface area contributed by atoms with Gasteiger partial charge < -0.3 is 10.6 Å². The van der Waals surface area contributed by atoms with Crippen molar-refractivity contribution >= 4 is 52.3 Å². The number of hydrazine groups is 1. The van der Waals surface area contributed by atoms with Crippen molar-refractivity contribution in [1.82, 2.24) is 16.2 Å². The van der Waals surface area contributed by atoms with Crippen LogP contribution in [0.2, 0.25) is 5.02 Å². The minimum atomic E-state index is -0.435. The summed E-state index contributed by atoms with van der Waals surface area (Å²) in [6.45, 7) is 3.08. The molecule has 0 fully saturated rings. The Kier molecular flexibility index (Phi) is 7.43. The Hall–Kier alpha value is -2.19. The summed E-state index contributed by atoms with van der Waals surface area (Å²) in [5.74, 6) is -1.10. The molecule has 9 heteroatoms. The Morgan fingerprint density at radius 2 is 1.78 bits per heavy atom. The highest BCUT2D eigenvalue weighted by Crippen LogP contribution is 2.22. The van der Waals surface area contributed by atoms with Gasteiger partial charge in [0.25, 0.3) is 0 Å². The third kappa shape index (κ3) is 7.07. The van der Waals surface area contributed by atoms with Crippen molar-refractivity contribution in [2.75, 3.05) is 5.32 Å². The average Bonchev–Trinajstić information content (AvgIpc) is 2.47. The van der Waals surface area contributed by atoms with Gasteiger partial charge in [-0.1, -0.05) is 17.7 Å². The van der Waals surface area contributed by atoms with Crippen molar-refractivity contribution in [2.24, 2.45) is 0 Å². The summed E-state index contributed by atoms with van der Waals surface area (Å²) >= 11 is 10.7. The predicted octanol–water partition coefficient (Wildman–Crippen LogP) is 1.41. The molecule has 23 heavy (non-hydrogen) atoms. The van der Waals surface area contributed by atoms with Crippen molar-refractivity contribution in [3.05, 3.63) is 28.8 Å². The maximum Gasteiger partial charge on any atom is 0.238 e. The van der Waals surface area contributed by atoms with Gasteiger partial charge >= 0.3 is 0 Å². The first kappa shape index (κ1) is 18.9. The molecule has 0 spiro atoms. The summed E-state index contributed by atoms with van der Waals surface area (Å²) in [4.78, 5) is 34.1. The molecule has 1 aromatic carbocycles. The zero-order chi connectivity index (χ0) is 17.4. The molecule has 4 N–H and O–H groups in total. The number of carbonyl (C=O) groups is 3. The first-order valence-corrected chi connectivity index (χ1v) is 7.49. The molecule has 0 heterocycles. The zero-order valence-electron chi connectivity index (χ0n) is 12.7. The third-order valence-electron chi connectivity index (χ3n) is 2.73. The van der Waals surface area contributed by atoms with Gasteiger partial charge in [0.05, 0.1) is 0 Å². The number of carbonyl (C=O) groups excluding carboxylic acids is 3. The van der Waals surface area contributed by atoms with Gasteiger partial charge in [0.1, 0.15) is 0 Å². The van der Waals surface area contributed by atoms with E-state index in [1.807, 2.05) is 0 Å². The van der Waals surface area contributed by atoms with Crippen LogP contribution in [0.1, 0.15) is 25.3 Å². The number of rotatable bonds is 4. The average molecular weight is 357 g/mol. The molecule has 0 aromatic heterocycles. The van der Waals surface area contributed by atoms with E-state index in [4.69, 9.17) is 23.8 Å². The molecule has 3 amide bonds. The molecule has 0 saturated heterocycles. The SMILES string of the molecule is CC(=O)NC(=S)NNC(=O)CCC(=O)Nc1cccc(Cl)c1C. The van der Waals surface area contributed by atoms with E-state index in [1.54, 1.807) is 25.1 Å². The summed E-state index contributed by atoms with van der Waals surface area (Å²) in [5.41, 5.74) is 6.00. The number of benzene rings is 1. The lowest BCUT2D eigenvalue weighted by molar-refractivity contribution is -0.124. The van der Waals surface area contributed by atoms with Crippen molar-refractivity contribution in [3.8, 4) is 0 Å². The first-order chi connectivity index (χ1) is 10.8. The van der Waals surface area contributed by atoms with Crippen LogP contribution in [-0.2, 0) is 14.4 Å². The van der Waals surface area contributed by atoms with E-state index in [2.05, 4.69) is 21.5 Å². The molecular formula is C14H17ClN4O3S. The molecule has 0 radical (unpaired) electrons. The Labute approximate surface area is 144 Å². The van der Waals surface area contributed by atoms with Gasteiger partial charge in [-0.2, -0.15) is 0 Å². The normalized spacial score (nSPS) is 9.70. The summed E-state index contributed by atoms with van der Waals surface area (Å²) in [6.07, 6.45) is -0.0481. The van der Waals surface area contributed by atoms with Crippen LogP contribution in [0, 0.1) is 6.92 Å². The Balaban J connectivity index is 2.35. The van der Waals surface area contributed by atoms with E-state index in [1.165, 1.54) is 6.92 Å². The maximum absolute atomic E-state index is 11.8. The van der Waals surface area contributed by atoms with Gasteiger partial charge in [-0.15, -0.1) is 0 Å². The molecular weight excluding hydrogens is 340 g/mol. The number of halogens is 1. The molecule has 0 aliphatic heterocycles. The summed E-state index contributed by atoms with van der Waals surface area (Å²) in [6, 6.07) is 5.18. The van der Waals surface area contributed by atoms with Crippen molar-refractivity contribution in [1.29, 1.82) is 0 Å². The van der Waals surface area contributed by atoms with E-state index in [0.29, 0.717) is 10.7 Å². The maximum atomic E-state index is 11.8. The fraction of sp³-hybridized carbons (Fsp3) is 0.286. The highest BCUT2D eigenvalue weighted by Gasteiger charge is 2.10. The quantitative estimate of drug-likeness (QED) is 0.483. The van der Waals surface area contributed by atoms with Crippen LogP contribution >= 0.6 is 23.8 Å². The smallest absolute Gasteiger partial charge is 0.238 e. The second kappa shape index (κ2) is 9.06. The predicted molar refractivity (Wildman–Crippen MR) is 91.7 cm³/mol. The van der Waals surface area contributed by atoms with Crippen molar-refractivity contribution < 1.29 is 14.4 Å². The Morgan fingerprint density at radius 3 is 2.43 bits per heavy atom. The van der Waals surface area contributed by atoms with Crippen LogP contribution in [0.5, 0.6) is 0 Å². The lowest BCUT2D eigenvalue weighted by atomic mass is 10.2. The molecule has 0 aliphatic carbocycles. The number of hydrogen-bond acceptors (Lipinski definition) is 4. The lowest BCUT2D eigenvalue weighted by Gasteiger charge is -2.11. The number of thiocarbonyl (C=S) groups is 1. The van der Waals surface area contributed by atoms with E-state index in [0.717, 1.165) is 5.56 Å². The Bertz CT molecular complexity index is 636.